The quantitative estimate of drug-likeness (QED) is 0.750. The minimum atomic E-state index is -1.01. The Morgan fingerprint density at radius 3 is 2.80 bits per heavy atom. The van der Waals surface area contributed by atoms with E-state index in [1.165, 1.54) is 0 Å². The van der Waals surface area contributed by atoms with Crippen LogP contribution >= 0.6 is 15.9 Å². The Hall–Kier alpha value is -1.62. The molecule has 108 valence electrons. The van der Waals surface area contributed by atoms with Crippen LogP contribution in [0.5, 0.6) is 0 Å². The molecule has 1 aromatic carbocycles. The third-order valence-electron chi connectivity index (χ3n) is 2.77. The highest BCUT2D eigenvalue weighted by molar-refractivity contribution is 9.10. The van der Waals surface area contributed by atoms with Crippen molar-refractivity contribution in [2.75, 3.05) is 0 Å². The number of carboxylic acid groups (broad SMARTS) is 1. The highest BCUT2D eigenvalue weighted by atomic mass is 79.9. The first-order valence-corrected chi connectivity index (χ1v) is 7.20. The molecule has 0 saturated heterocycles. The van der Waals surface area contributed by atoms with Gasteiger partial charge in [-0.05, 0) is 37.5 Å². The fourth-order valence-electron chi connectivity index (χ4n) is 1.71. The zero-order valence-electron chi connectivity index (χ0n) is 11.3. The van der Waals surface area contributed by atoms with Gasteiger partial charge in [0.05, 0.1) is 0 Å². The Bertz CT molecular complexity index is 500. The monoisotopic (exact) mass is 339 g/mol. The molecule has 2 N–H and O–H groups in total. The molecular weight excluding hydrogens is 322 g/mol. The Kier molecular flexibility index (Phi) is 7.01. The zero-order chi connectivity index (χ0) is 15.0. The van der Waals surface area contributed by atoms with E-state index in [-0.39, 0.29) is 12.3 Å². The number of carboxylic acids is 1. The molecule has 0 aromatic heterocycles. The summed E-state index contributed by atoms with van der Waals surface area (Å²) in [6.45, 7) is 1.81. The van der Waals surface area contributed by atoms with Gasteiger partial charge in [0.25, 0.3) is 0 Å². The molecule has 1 atom stereocenters. The maximum atomic E-state index is 11.8. The van der Waals surface area contributed by atoms with E-state index in [2.05, 4.69) is 21.2 Å². The summed E-state index contributed by atoms with van der Waals surface area (Å²) in [5.41, 5.74) is 1.04. The molecule has 5 heteroatoms. The molecule has 1 amide bonds. The maximum Gasteiger partial charge on any atom is 0.326 e. The summed E-state index contributed by atoms with van der Waals surface area (Å²) < 4.78 is 0.965. The highest BCUT2D eigenvalue weighted by Gasteiger charge is 2.17. The van der Waals surface area contributed by atoms with Crippen LogP contribution in [-0.4, -0.2) is 23.0 Å². The lowest BCUT2D eigenvalue weighted by atomic mass is 10.1. The lowest BCUT2D eigenvalue weighted by Crippen LogP contribution is -2.40. The average molecular weight is 340 g/mol. The number of amides is 1. The molecule has 0 spiro atoms. The van der Waals surface area contributed by atoms with Gasteiger partial charge in [-0.25, -0.2) is 4.79 Å². The van der Waals surface area contributed by atoms with Crippen LogP contribution in [0, 0.1) is 0 Å². The van der Waals surface area contributed by atoms with Crippen LogP contribution in [0.15, 0.2) is 40.9 Å². The first kappa shape index (κ1) is 16.4. The third-order valence-corrected chi connectivity index (χ3v) is 3.26. The number of benzene rings is 1. The zero-order valence-corrected chi connectivity index (χ0v) is 12.9. The molecule has 1 aromatic rings. The van der Waals surface area contributed by atoms with E-state index < -0.39 is 12.0 Å². The SMILES string of the molecule is C/C=C/CC(NC(=O)CCc1cccc(Br)c1)C(=O)O. The van der Waals surface area contributed by atoms with Crippen molar-refractivity contribution in [1.82, 2.24) is 5.32 Å². The summed E-state index contributed by atoms with van der Waals surface area (Å²) in [5, 5.41) is 11.6. The van der Waals surface area contributed by atoms with Crippen molar-refractivity contribution in [3.63, 3.8) is 0 Å². The number of hydrogen-bond acceptors (Lipinski definition) is 2. The number of carbonyl (C=O) groups is 2. The minimum absolute atomic E-state index is 0.248. The smallest absolute Gasteiger partial charge is 0.326 e. The van der Waals surface area contributed by atoms with Crippen LogP contribution in [0.2, 0.25) is 0 Å². The van der Waals surface area contributed by atoms with Gasteiger partial charge in [-0.3, -0.25) is 4.79 Å². The predicted molar refractivity (Wildman–Crippen MR) is 81.5 cm³/mol. The van der Waals surface area contributed by atoms with Gasteiger partial charge < -0.3 is 10.4 Å². The van der Waals surface area contributed by atoms with Crippen LogP contribution in [0.1, 0.15) is 25.3 Å². The largest absolute Gasteiger partial charge is 0.480 e. The van der Waals surface area contributed by atoms with E-state index in [1.807, 2.05) is 31.2 Å². The van der Waals surface area contributed by atoms with Gasteiger partial charge in [-0.15, -0.1) is 0 Å². The number of nitrogens with one attached hydrogen (secondary N) is 1. The third kappa shape index (κ3) is 6.02. The number of allylic oxidation sites excluding steroid dienone is 1. The summed E-state index contributed by atoms with van der Waals surface area (Å²) in [6.07, 6.45) is 4.66. The van der Waals surface area contributed by atoms with Gasteiger partial charge >= 0.3 is 5.97 Å². The maximum absolute atomic E-state index is 11.8. The number of carbonyl (C=O) groups excluding carboxylic acids is 1. The number of aryl methyl sites for hydroxylation is 1. The Morgan fingerprint density at radius 2 is 2.20 bits per heavy atom. The van der Waals surface area contributed by atoms with Crippen molar-refractivity contribution >= 4 is 27.8 Å². The van der Waals surface area contributed by atoms with E-state index in [1.54, 1.807) is 12.2 Å². The molecule has 4 nitrogen and oxygen atoms in total. The molecule has 0 saturated carbocycles. The van der Waals surface area contributed by atoms with Crippen molar-refractivity contribution in [2.24, 2.45) is 0 Å². The first-order valence-electron chi connectivity index (χ1n) is 6.40. The average Bonchev–Trinajstić information content (AvgIpc) is 2.41. The Labute approximate surface area is 127 Å². The van der Waals surface area contributed by atoms with Gasteiger partial charge in [0, 0.05) is 10.9 Å². The van der Waals surface area contributed by atoms with Crippen LogP contribution in [-0.2, 0) is 16.0 Å². The van der Waals surface area contributed by atoms with Crippen molar-refractivity contribution < 1.29 is 14.7 Å². The second-order valence-electron chi connectivity index (χ2n) is 4.39. The normalized spacial score (nSPS) is 12.3. The van der Waals surface area contributed by atoms with Gasteiger partial charge in [0.1, 0.15) is 6.04 Å². The van der Waals surface area contributed by atoms with Gasteiger partial charge in [-0.1, -0.05) is 40.2 Å². The molecule has 0 heterocycles. The van der Waals surface area contributed by atoms with Crippen molar-refractivity contribution in [3.8, 4) is 0 Å². The molecule has 0 bridgehead atoms. The number of halogens is 1. The fourth-order valence-corrected chi connectivity index (χ4v) is 2.16. The predicted octanol–water partition coefficient (Wildman–Crippen LogP) is 2.92. The Morgan fingerprint density at radius 1 is 1.45 bits per heavy atom. The van der Waals surface area contributed by atoms with E-state index >= 15 is 0 Å². The van der Waals surface area contributed by atoms with E-state index in [0.29, 0.717) is 12.8 Å². The van der Waals surface area contributed by atoms with E-state index in [0.717, 1.165) is 10.0 Å². The van der Waals surface area contributed by atoms with Crippen LogP contribution < -0.4 is 5.32 Å². The summed E-state index contributed by atoms with van der Waals surface area (Å²) >= 11 is 3.37. The van der Waals surface area contributed by atoms with Crippen LogP contribution in [0.4, 0.5) is 0 Å². The van der Waals surface area contributed by atoms with Crippen molar-refractivity contribution in [1.29, 1.82) is 0 Å². The lowest BCUT2D eigenvalue weighted by molar-refractivity contribution is -0.141. The van der Waals surface area contributed by atoms with E-state index in [4.69, 9.17) is 5.11 Å². The molecule has 0 aliphatic rings. The van der Waals surface area contributed by atoms with E-state index in [9.17, 15) is 9.59 Å². The van der Waals surface area contributed by atoms with Crippen molar-refractivity contribution in [2.45, 2.75) is 32.2 Å². The highest BCUT2D eigenvalue weighted by Crippen LogP contribution is 2.13. The number of hydrogen-bond donors (Lipinski definition) is 2. The molecule has 20 heavy (non-hydrogen) atoms. The molecular formula is C15H18BrNO3. The number of rotatable bonds is 7. The summed E-state index contributed by atoms with van der Waals surface area (Å²) in [7, 11) is 0. The Balaban J connectivity index is 2.47. The standard InChI is InChI=1S/C15H18BrNO3/c1-2-3-7-13(15(19)20)17-14(18)9-8-11-5-4-6-12(16)10-11/h2-6,10,13H,7-9H2,1H3,(H,17,18)(H,19,20)/b3-2+. The molecule has 0 aliphatic heterocycles. The molecule has 0 radical (unpaired) electrons. The van der Waals surface area contributed by atoms with Crippen molar-refractivity contribution in [3.05, 3.63) is 46.5 Å². The fraction of sp³-hybridized carbons (Fsp3) is 0.333. The minimum Gasteiger partial charge on any atom is -0.480 e. The molecule has 1 unspecified atom stereocenters. The molecule has 1 rings (SSSR count). The lowest BCUT2D eigenvalue weighted by Gasteiger charge is -2.12. The summed E-state index contributed by atoms with van der Waals surface area (Å²) in [5.74, 6) is -1.26. The second-order valence-corrected chi connectivity index (χ2v) is 5.31. The topological polar surface area (TPSA) is 66.4 Å². The summed E-state index contributed by atoms with van der Waals surface area (Å²) in [6, 6.07) is 6.85. The van der Waals surface area contributed by atoms with Gasteiger partial charge in [0.2, 0.25) is 5.91 Å². The number of aliphatic carboxylic acids is 1. The molecule has 0 aliphatic carbocycles. The van der Waals surface area contributed by atoms with Gasteiger partial charge in [0.15, 0.2) is 0 Å². The summed E-state index contributed by atoms with van der Waals surface area (Å²) in [4.78, 5) is 22.8. The van der Waals surface area contributed by atoms with Crippen LogP contribution in [0.25, 0.3) is 0 Å². The first-order chi connectivity index (χ1) is 9.52. The second kappa shape index (κ2) is 8.53. The molecule has 0 fully saturated rings. The van der Waals surface area contributed by atoms with Gasteiger partial charge in [-0.2, -0.15) is 0 Å². The van der Waals surface area contributed by atoms with Crippen LogP contribution in [0.3, 0.4) is 0 Å².